The van der Waals surface area contributed by atoms with E-state index >= 15 is 0 Å². The largest absolute Gasteiger partial charge is 0.252 e. The van der Waals surface area contributed by atoms with Crippen LogP contribution in [0.4, 0.5) is 5.13 Å². The average Bonchev–Trinajstić information content (AvgIpc) is 3.06. The van der Waals surface area contributed by atoms with Crippen molar-refractivity contribution in [3.63, 3.8) is 0 Å². The van der Waals surface area contributed by atoms with E-state index in [1.165, 1.54) is 0 Å². The van der Waals surface area contributed by atoms with Gasteiger partial charge in [-0.3, -0.25) is 5.43 Å². The van der Waals surface area contributed by atoms with Crippen molar-refractivity contribution in [2.45, 2.75) is 13.3 Å². The standard InChI is InChI=1S/C18H17N3S/c1-2-16(14-9-5-3-6-10-14)20-21-18-19-17(13-22-18)15-11-7-4-8-12-15/h3-13H,2H2,1H3,(H,19,21)/b20-16-. The third-order valence-electron chi connectivity index (χ3n) is 3.30. The number of hydrazone groups is 1. The fourth-order valence-corrected chi connectivity index (χ4v) is 2.82. The monoisotopic (exact) mass is 307 g/mol. The Kier molecular flexibility index (Phi) is 4.61. The normalized spacial score (nSPS) is 11.4. The summed E-state index contributed by atoms with van der Waals surface area (Å²) in [6, 6.07) is 20.4. The third-order valence-corrected chi connectivity index (χ3v) is 4.05. The summed E-state index contributed by atoms with van der Waals surface area (Å²) in [6.45, 7) is 2.10. The second-order valence-corrected chi connectivity index (χ2v) is 5.65. The van der Waals surface area contributed by atoms with Crippen molar-refractivity contribution in [3.05, 3.63) is 71.6 Å². The molecule has 4 heteroatoms. The molecular formula is C18H17N3S. The number of hydrogen-bond acceptors (Lipinski definition) is 4. The minimum Gasteiger partial charge on any atom is -0.252 e. The number of anilines is 1. The lowest BCUT2D eigenvalue weighted by Crippen LogP contribution is -2.02. The Morgan fingerprint density at radius 2 is 1.73 bits per heavy atom. The van der Waals surface area contributed by atoms with Gasteiger partial charge in [0.25, 0.3) is 0 Å². The summed E-state index contributed by atoms with van der Waals surface area (Å²) < 4.78 is 0. The highest BCUT2D eigenvalue weighted by Gasteiger charge is 2.04. The van der Waals surface area contributed by atoms with Crippen LogP contribution in [0.5, 0.6) is 0 Å². The van der Waals surface area contributed by atoms with E-state index in [4.69, 9.17) is 0 Å². The zero-order chi connectivity index (χ0) is 15.2. The van der Waals surface area contributed by atoms with E-state index < -0.39 is 0 Å². The number of thiazole rings is 1. The van der Waals surface area contributed by atoms with Crippen molar-refractivity contribution in [1.29, 1.82) is 0 Å². The molecule has 1 heterocycles. The van der Waals surface area contributed by atoms with Crippen LogP contribution in [-0.2, 0) is 0 Å². The lowest BCUT2D eigenvalue weighted by molar-refractivity contribution is 1.21. The Labute approximate surface area is 134 Å². The summed E-state index contributed by atoms with van der Waals surface area (Å²) >= 11 is 1.56. The number of aromatic nitrogens is 1. The fraction of sp³-hybridized carbons (Fsp3) is 0.111. The molecular weight excluding hydrogens is 290 g/mol. The first kappa shape index (κ1) is 14.5. The lowest BCUT2D eigenvalue weighted by atomic mass is 10.1. The van der Waals surface area contributed by atoms with Crippen molar-refractivity contribution in [3.8, 4) is 11.3 Å². The van der Waals surface area contributed by atoms with Gasteiger partial charge in [-0.1, -0.05) is 67.6 Å². The number of benzene rings is 2. The highest BCUT2D eigenvalue weighted by Crippen LogP contribution is 2.24. The van der Waals surface area contributed by atoms with Gasteiger partial charge < -0.3 is 0 Å². The molecule has 0 fully saturated rings. The van der Waals surface area contributed by atoms with Gasteiger partial charge in [-0.15, -0.1) is 11.3 Å². The van der Waals surface area contributed by atoms with E-state index in [1.807, 2.05) is 41.8 Å². The second kappa shape index (κ2) is 7.00. The molecule has 0 bridgehead atoms. The number of nitrogens with one attached hydrogen (secondary N) is 1. The maximum absolute atomic E-state index is 4.58. The molecule has 0 spiro atoms. The SMILES string of the molecule is CC/C(=N/Nc1nc(-c2ccccc2)cs1)c1ccccc1. The molecule has 3 rings (SSSR count). The predicted molar refractivity (Wildman–Crippen MR) is 94.4 cm³/mol. The van der Waals surface area contributed by atoms with E-state index in [2.05, 4.69) is 46.7 Å². The van der Waals surface area contributed by atoms with Gasteiger partial charge in [0.05, 0.1) is 11.4 Å². The lowest BCUT2D eigenvalue weighted by Gasteiger charge is -2.03. The van der Waals surface area contributed by atoms with Gasteiger partial charge in [0.1, 0.15) is 0 Å². The van der Waals surface area contributed by atoms with Crippen LogP contribution < -0.4 is 5.43 Å². The van der Waals surface area contributed by atoms with Crippen molar-refractivity contribution in [1.82, 2.24) is 4.98 Å². The smallest absolute Gasteiger partial charge is 0.203 e. The van der Waals surface area contributed by atoms with Crippen LogP contribution in [0.15, 0.2) is 71.1 Å². The molecule has 22 heavy (non-hydrogen) atoms. The van der Waals surface area contributed by atoms with Crippen molar-refractivity contribution in [2.75, 3.05) is 5.43 Å². The molecule has 0 saturated heterocycles. The first-order valence-electron chi connectivity index (χ1n) is 7.25. The molecule has 0 aliphatic carbocycles. The molecule has 1 aromatic heterocycles. The predicted octanol–water partition coefficient (Wildman–Crippen LogP) is 5.04. The van der Waals surface area contributed by atoms with Gasteiger partial charge in [0.2, 0.25) is 5.13 Å². The molecule has 3 aromatic rings. The van der Waals surface area contributed by atoms with Crippen LogP contribution in [0.3, 0.4) is 0 Å². The van der Waals surface area contributed by atoms with E-state index in [-0.39, 0.29) is 0 Å². The zero-order valence-corrected chi connectivity index (χ0v) is 13.2. The molecule has 0 unspecified atom stereocenters. The molecule has 0 radical (unpaired) electrons. The summed E-state index contributed by atoms with van der Waals surface area (Å²) in [5.74, 6) is 0. The number of nitrogens with zero attached hydrogens (tertiary/aromatic N) is 2. The van der Waals surface area contributed by atoms with Gasteiger partial charge in [-0.2, -0.15) is 5.10 Å². The summed E-state index contributed by atoms with van der Waals surface area (Å²) in [5.41, 5.74) is 7.33. The molecule has 110 valence electrons. The Morgan fingerprint density at radius 1 is 1.05 bits per heavy atom. The average molecular weight is 307 g/mol. The maximum atomic E-state index is 4.58. The Hall–Kier alpha value is -2.46. The van der Waals surface area contributed by atoms with Gasteiger partial charge in [-0.25, -0.2) is 4.98 Å². The molecule has 0 aliphatic rings. The third kappa shape index (κ3) is 3.40. The highest BCUT2D eigenvalue weighted by molar-refractivity contribution is 7.14. The molecule has 2 aromatic carbocycles. The topological polar surface area (TPSA) is 37.3 Å². The summed E-state index contributed by atoms with van der Waals surface area (Å²) in [6.07, 6.45) is 0.869. The molecule has 0 atom stereocenters. The maximum Gasteiger partial charge on any atom is 0.203 e. The fourth-order valence-electron chi connectivity index (χ4n) is 2.16. The molecule has 1 N–H and O–H groups in total. The summed E-state index contributed by atoms with van der Waals surface area (Å²) in [4.78, 5) is 4.58. The molecule has 0 saturated carbocycles. The van der Waals surface area contributed by atoms with Crippen molar-refractivity contribution >= 4 is 22.2 Å². The Morgan fingerprint density at radius 3 is 2.41 bits per heavy atom. The van der Waals surface area contributed by atoms with Crippen LogP contribution in [0.25, 0.3) is 11.3 Å². The van der Waals surface area contributed by atoms with Crippen molar-refractivity contribution in [2.24, 2.45) is 5.10 Å². The second-order valence-electron chi connectivity index (χ2n) is 4.79. The minimum atomic E-state index is 0.806. The van der Waals surface area contributed by atoms with E-state index in [9.17, 15) is 0 Å². The van der Waals surface area contributed by atoms with Gasteiger partial charge in [0.15, 0.2) is 0 Å². The van der Waals surface area contributed by atoms with Gasteiger partial charge >= 0.3 is 0 Å². The van der Waals surface area contributed by atoms with Crippen molar-refractivity contribution < 1.29 is 0 Å². The van der Waals surface area contributed by atoms with Crippen LogP contribution in [0.2, 0.25) is 0 Å². The molecule has 0 aliphatic heterocycles. The van der Waals surface area contributed by atoms with E-state index in [0.717, 1.165) is 34.1 Å². The van der Waals surface area contributed by atoms with Crippen LogP contribution in [-0.4, -0.2) is 10.7 Å². The summed E-state index contributed by atoms with van der Waals surface area (Å²) in [7, 11) is 0. The Bertz CT molecular complexity index is 748. The van der Waals surface area contributed by atoms with Gasteiger partial charge in [0, 0.05) is 10.9 Å². The minimum absolute atomic E-state index is 0.806. The van der Waals surface area contributed by atoms with Gasteiger partial charge in [-0.05, 0) is 12.0 Å². The zero-order valence-electron chi connectivity index (χ0n) is 12.4. The van der Waals surface area contributed by atoms with Crippen LogP contribution in [0.1, 0.15) is 18.9 Å². The first-order chi connectivity index (χ1) is 10.9. The van der Waals surface area contributed by atoms with Crippen LogP contribution in [0, 0.1) is 0 Å². The van der Waals surface area contributed by atoms with E-state index in [1.54, 1.807) is 11.3 Å². The Balaban J connectivity index is 1.76. The first-order valence-corrected chi connectivity index (χ1v) is 8.13. The molecule has 3 nitrogen and oxygen atoms in total. The van der Waals surface area contributed by atoms with Crippen LogP contribution >= 0.6 is 11.3 Å². The highest BCUT2D eigenvalue weighted by atomic mass is 32.1. The molecule has 0 amide bonds. The number of rotatable bonds is 5. The van der Waals surface area contributed by atoms with E-state index in [0.29, 0.717) is 0 Å². The quantitative estimate of drug-likeness (QED) is 0.530. The number of hydrogen-bond donors (Lipinski definition) is 1. The summed E-state index contributed by atoms with van der Waals surface area (Å²) in [5, 5.41) is 7.35.